The number of hydrogen-bond donors (Lipinski definition) is 1. The highest BCUT2D eigenvalue weighted by atomic mass is 79.9. The van der Waals surface area contributed by atoms with Crippen molar-refractivity contribution in [3.05, 3.63) is 46.2 Å². The summed E-state index contributed by atoms with van der Waals surface area (Å²) in [6.07, 6.45) is 3.21. The summed E-state index contributed by atoms with van der Waals surface area (Å²) in [5.41, 5.74) is 7.69. The molecule has 106 valence electrons. The van der Waals surface area contributed by atoms with Gasteiger partial charge in [0.15, 0.2) is 5.78 Å². The molecule has 0 saturated heterocycles. The van der Waals surface area contributed by atoms with Crippen LogP contribution >= 0.6 is 15.9 Å². The summed E-state index contributed by atoms with van der Waals surface area (Å²) < 4.78 is 2.66. The number of nitrogen functional groups attached to an aromatic ring is 1. The molecule has 0 aliphatic carbocycles. The van der Waals surface area contributed by atoms with Crippen LogP contribution in [0.4, 0.5) is 5.69 Å². The minimum Gasteiger partial charge on any atom is -0.399 e. The van der Waals surface area contributed by atoms with E-state index in [0.29, 0.717) is 17.3 Å². The Morgan fingerprint density at radius 1 is 1.45 bits per heavy atom. The quantitative estimate of drug-likeness (QED) is 0.670. The summed E-state index contributed by atoms with van der Waals surface area (Å²) >= 11 is 3.38. The zero-order valence-corrected chi connectivity index (χ0v) is 13.2. The van der Waals surface area contributed by atoms with Gasteiger partial charge in [-0.15, -0.1) is 0 Å². The Balaban J connectivity index is 2.15. The first kappa shape index (κ1) is 14.8. The first-order valence-corrected chi connectivity index (χ1v) is 7.42. The lowest BCUT2D eigenvalue weighted by molar-refractivity contribution is 0.0991. The smallest absolute Gasteiger partial charge is 0.170 e. The van der Waals surface area contributed by atoms with E-state index in [4.69, 9.17) is 5.73 Å². The molecule has 1 heterocycles. The van der Waals surface area contributed by atoms with Gasteiger partial charge >= 0.3 is 0 Å². The number of nitrogens with zero attached hydrogens (tertiary/aromatic N) is 2. The third kappa shape index (κ3) is 3.28. The Labute approximate surface area is 127 Å². The summed E-state index contributed by atoms with van der Waals surface area (Å²) in [7, 11) is 0. The second kappa shape index (κ2) is 6.22. The molecule has 2 N–H and O–H groups in total. The van der Waals surface area contributed by atoms with E-state index in [1.54, 1.807) is 18.2 Å². The predicted octanol–water partition coefficient (Wildman–Crippen LogP) is 3.62. The van der Waals surface area contributed by atoms with Crippen LogP contribution in [0, 0.1) is 0 Å². The number of aromatic nitrogens is 2. The molecule has 0 amide bonds. The van der Waals surface area contributed by atoms with Gasteiger partial charge in [-0.05, 0) is 37.6 Å². The van der Waals surface area contributed by atoms with Crippen LogP contribution in [0.15, 0.2) is 34.9 Å². The zero-order valence-electron chi connectivity index (χ0n) is 11.6. The van der Waals surface area contributed by atoms with Gasteiger partial charge in [0, 0.05) is 28.0 Å². The Bertz CT molecular complexity index is 621. The highest BCUT2D eigenvalue weighted by Crippen LogP contribution is 2.21. The molecule has 0 saturated carbocycles. The molecule has 2 rings (SSSR count). The van der Waals surface area contributed by atoms with Crippen LogP contribution in [0.3, 0.4) is 0 Å². The summed E-state index contributed by atoms with van der Waals surface area (Å²) in [4.78, 5) is 12.3. The van der Waals surface area contributed by atoms with Gasteiger partial charge in [0.05, 0.1) is 12.1 Å². The molecule has 1 unspecified atom stereocenters. The largest absolute Gasteiger partial charge is 0.399 e. The van der Waals surface area contributed by atoms with Crippen LogP contribution in [-0.4, -0.2) is 15.6 Å². The fourth-order valence-corrected chi connectivity index (χ4v) is 2.39. The topological polar surface area (TPSA) is 60.9 Å². The first-order valence-electron chi connectivity index (χ1n) is 6.63. The van der Waals surface area contributed by atoms with Crippen molar-refractivity contribution in [2.24, 2.45) is 0 Å². The zero-order chi connectivity index (χ0) is 14.7. The Morgan fingerprint density at radius 3 is 2.90 bits per heavy atom. The highest BCUT2D eigenvalue weighted by Gasteiger charge is 2.13. The van der Waals surface area contributed by atoms with Crippen molar-refractivity contribution in [2.45, 2.75) is 32.7 Å². The normalized spacial score (nSPS) is 12.3. The van der Waals surface area contributed by atoms with Crippen LogP contribution < -0.4 is 5.73 Å². The molecule has 0 fully saturated rings. The van der Waals surface area contributed by atoms with E-state index in [2.05, 4.69) is 34.9 Å². The molecule has 0 aliphatic heterocycles. The van der Waals surface area contributed by atoms with Gasteiger partial charge in [-0.3, -0.25) is 9.48 Å². The van der Waals surface area contributed by atoms with E-state index in [0.717, 1.165) is 16.6 Å². The van der Waals surface area contributed by atoms with E-state index >= 15 is 0 Å². The molecule has 4 nitrogen and oxygen atoms in total. The molecule has 2 aromatic rings. The number of nitrogens with two attached hydrogens (primary N) is 1. The van der Waals surface area contributed by atoms with Crippen LogP contribution in [0.2, 0.25) is 0 Å². The molecule has 0 spiro atoms. The summed E-state index contributed by atoms with van der Waals surface area (Å²) in [5.74, 6) is 0.0126. The average molecular weight is 336 g/mol. The van der Waals surface area contributed by atoms with Crippen molar-refractivity contribution in [3.8, 4) is 0 Å². The van der Waals surface area contributed by atoms with Gasteiger partial charge in [-0.2, -0.15) is 5.10 Å². The van der Waals surface area contributed by atoms with Crippen molar-refractivity contribution in [3.63, 3.8) is 0 Å². The number of ketones is 1. The number of carbonyl (C=O) groups is 1. The van der Waals surface area contributed by atoms with Crippen molar-refractivity contribution in [2.75, 3.05) is 5.73 Å². The lowest BCUT2D eigenvalue weighted by Crippen LogP contribution is -2.08. The van der Waals surface area contributed by atoms with Crippen molar-refractivity contribution >= 4 is 27.4 Å². The van der Waals surface area contributed by atoms with E-state index in [-0.39, 0.29) is 12.2 Å². The van der Waals surface area contributed by atoms with Gasteiger partial charge in [0.2, 0.25) is 0 Å². The van der Waals surface area contributed by atoms with E-state index in [9.17, 15) is 4.79 Å². The second-order valence-corrected chi connectivity index (χ2v) is 5.74. The number of anilines is 1. The maximum absolute atomic E-state index is 12.3. The predicted molar refractivity (Wildman–Crippen MR) is 83.8 cm³/mol. The number of hydrogen-bond acceptors (Lipinski definition) is 3. The van der Waals surface area contributed by atoms with E-state index in [1.807, 2.05) is 16.9 Å². The maximum Gasteiger partial charge on any atom is 0.170 e. The molecule has 1 aromatic carbocycles. The molecule has 0 aliphatic rings. The van der Waals surface area contributed by atoms with Gasteiger partial charge in [-0.1, -0.05) is 22.9 Å². The minimum atomic E-state index is 0.0126. The van der Waals surface area contributed by atoms with Crippen LogP contribution in [-0.2, 0) is 6.42 Å². The molecule has 0 bridgehead atoms. The van der Waals surface area contributed by atoms with Crippen molar-refractivity contribution in [1.29, 1.82) is 0 Å². The molecular weight excluding hydrogens is 318 g/mol. The number of carbonyl (C=O) groups excluding carboxylic acids is 1. The standard InChI is InChI=1S/C15H18BrN3O/c1-3-10(2)19-7-6-12(18-19)9-15(20)13-8-11(17)4-5-14(13)16/h4-8,10H,3,9,17H2,1-2H3. The average Bonchev–Trinajstić information content (AvgIpc) is 2.89. The van der Waals surface area contributed by atoms with E-state index in [1.165, 1.54) is 0 Å². The monoisotopic (exact) mass is 335 g/mol. The highest BCUT2D eigenvalue weighted by molar-refractivity contribution is 9.10. The molecule has 20 heavy (non-hydrogen) atoms. The third-order valence-electron chi connectivity index (χ3n) is 3.34. The molecule has 1 atom stereocenters. The number of halogens is 1. The molecule has 5 heteroatoms. The fraction of sp³-hybridized carbons (Fsp3) is 0.333. The van der Waals surface area contributed by atoms with Crippen LogP contribution in [0.1, 0.15) is 42.4 Å². The summed E-state index contributed by atoms with van der Waals surface area (Å²) in [5, 5.41) is 4.45. The van der Waals surface area contributed by atoms with Gasteiger partial charge < -0.3 is 5.73 Å². The van der Waals surface area contributed by atoms with Crippen LogP contribution in [0.25, 0.3) is 0 Å². The van der Waals surface area contributed by atoms with E-state index < -0.39 is 0 Å². The second-order valence-electron chi connectivity index (χ2n) is 4.88. The van der Waals surface area contributed by atoms with Crippen molar-refractivity contribution in [1.82, 2.24) is 9.78 Å². The van der Waals surface area contributed by atoms with Gasteiger partial charge in [0.1, 0.15) is 0 Å². The molecular formula is C15H18BrN3O. The maximum atomic E-state index is 12.3. The molecule has 1 aromatic heterocycles. The number of benzene rings is 1. The lowest BCUT2D eigenvalue weighted by atomic mass is 10.1. The Morgan fingerprint density at radius 2 is 2.20 bits per heavy atom. The van der Waals surface area contributed by atoms with Gasteiger partial charge in [-0.25, -0.2) is 0 Å². The summed E-state index contributed by atoms with van der Waals surface area (Å²) in [6.45, 7) is 4.22. The summed E-state index contributed by atoms with van der Waals surface area (Å²) in [6, 6.07) is 7.49. The van der Waals surface area contributed by atoms with Crippen molar-refractivity contribution < 1.29 is 4.79 Å². The first-order chi connectivity index (χ1) is 9.51. The Hall–Kier alpha value is -1.62. The third-order valence-corrected chi connectivity index (χ3v) is 4.03. The lowest BCUT2D eigenvalue weighted by Gasteiger charge is -2.08. The van der Waals surface area contributed by atoms with Gasteiger partial charge in [0.25, 0.3) is 0 Å². The SMILES string of the molecule is CCC(C)n1ccc(CC(=O)c2cc(N)ccc2Br)n1. The van der Waals surface area contributed by atoms with Crippen LogP contribution in [0.5, 0.6) is 0 Å². The minimum absolute atomic E-state index is 0.0126. The number of rotatable bonds is 5. The Kier molecular flexibility index (Phi) is 4.60. The number of Topliss-reactive ketones (excluding diaryl/α,β-unsaturated/α-hetero) is 1. The molecule has 0 radical (unpaired) electrons. The fourth-order valence-electron chi connectivity index (χ4n) is 1.92.